The quantitative estimate of drug-likeness (QED) is 0.561. The zero-order valence-electron chi connectivity index (χ0n) is 18.5. The Morgan fingerprint density at radius 2 is 1.76 bits per heavy atom. The molecule has 0 aromatic carbocycles. The molecule has 0 amide bonds. The maximum absolute atomic E-state index is 12.6. The molecule has 1 spiro atoms. The van der Waals surface area contributed by atoms with E-state index in [0.29, 0.717) is 17.8 Å². The second-order valence-corrected chi connectivity index (χ2v) is 11.4. The van der Waals surface area contributed by atoms with Crippen molar-refractivity contribution < 1.29 is 24.2 Å². The Labute approximate surface area is 173 Å². The zero-order valence-corrected chi connectivity index (χ0v) is 18.5. The third kappa shape index (κ3) is 2.19. The van der Waals surface area contributed by atoms with Crippen molar-refractivity contribution >= 4 is 11.8 Å². The van der Waals surface area contributed by atoms with Crippen molar-refractivity contribution in [3.63, 3.8) is 0 Å². The Hall–Kier alpha value is -0.940. The van der Waals surface area contributed by atoms with Crippen molar-refractivity contribution in [2.45, 2.75) is 103 Å². The van der Waals surface area contributed by atoms with E-state index in [4.69, 9.17) is 9.47 Å². The van der Waals surface area contributed by atoms with Gasteiger partial charge in [-0.2, -0.15) is 0 Å². The van der Waals surface area contributed by atoms with Crippen LogP contribution in [0.25, 0.3) is 0 Å². The fourth-order valence-corrected chi connectivity index (χ4v) is 9.10. The molecule has 0 bridgehead atoms. The zero-order chi connectivity index (χ0) is 21.0. The third-order valence-electron chi connectivity index (χ3n) is 10.4. The Balaban J connectivity index is 1.47. The van der Waals surface area contributed by atoms with E-state index in [9.17, 15) is 14.7 Å². The fourth-order valence-electron chi connectivity index (χ4n) is 9.10. The van der Waals surface area contributed by atoms with Gasteiger partial charge in [0.25, 0.3) is 0 Å². The molecule has 0 aromatic rings. The number of ether oxygens (including phenoxy) is 2. The molecular weight excluding hydrogens is 368 g/mol. The molecule has 5 rings (SSSR count). The lowest BCUT2D eigenvalue weighted by atomic mass is 9.44. The molecule has 162 valence electrons. The predicted molar refractivity (Wildman–Crippen MR) is 107 cm³/mol. The van der Waals surface area contributed by atoms with Gasteiger partial charge in [0.2, 0.25) is 0 Å². The molecule has 0 aromatic heterocycles. The highest BCUT2D eigenvalue weighted by Gasteiger charge is 2.82. The first kappa shape index (κ1) is 20.0. The third-order valence-corrected chi connectivity index (χ3v) is 10.4. The van der Waals surface area contributed by atoms with E-state index in [1.165, 1.54) is 6.92 Å². The maximum Gasteiger partial charge on any atom is 0.302 e. The second-order valence-electron chi connectivity index (χ2n) is 11.4. The molecule has 0 unspecified atom stereocenters. The van der Waals surface area contributed by atoms with Crippen molar-refractivity contribution in [2.24, 2.45) is 34.5 Å². The highest BCUT2D eigenvalue weighted by atomic mass is 16.6. The minimum absolute atomic E-state index is 0.00483. The van der Waals surface area contributed by atoms with Crippen LogP contribution in [0.1, 0.15) is 79.6 Å². The molecule has 5 heteroatoms. The second kappa shape index (κ2) is 5.85. The summed E-state index contributed by atoms with van der Waals surface area (Å²) >= 11 is 0. The van der Waals surface area contributed by atoms with Crippen molar-refractivity contribution in [3.8, 4) is 0 Å². The molecule has 10 atom stereocenters. The van der Waals surface area contributed by atoms with Gasteiger partial charge in [-0.1, -0.05) is 20.8 Å². The van der Waals surface area contributed by atoms with Crippen LogP contribution in [0.15, 0.2) is 0 Å². The van der Waals surface area contributed by atoms with Crippen molar-refractivity contribution in [1.29, 1.82) is 0 Å². The summed E-state index contributed by atoms with van der Waals surface area (Å²) in [6, 6.07) is 0. The van der Waals surface area contributed by atoms with Crippen LogP contribution in [0.4, 0.5) is 0 Å². The number of carbonyl (C=O) groups is 2. The molecule has 1 heterocycles. The van der Waals surface area contributed by atoms with E-state index in [-0.39, 0.29) is 40.9 Å². The first-order chi connectivity index (χ1) is 13.5. The van der Waals surface area contributed by atoms with Gasteiger partial charge in [-0.05, 0) is 75.5 Å². The number of fused-ring (bicyclic) bond motifs is 3. The van der Waals surface area contributed by atoms with E-state index >= 15 is 0 Å². The first-order valence-electron chi connectivity index (χ1n) is 11.6. The molecule has 4 saturated carbocycles. The average molecular weight is 405 g/mol. The summed E-state index contributed by atoms with van der Waals surface area (Å²) in [4.78, 5) is 24.1. The fraction of sp³-hybridized carbons (Fsp3) is 0.917. The number of carbonyl (C=O) groups excluding carboxylic acids is 2. The minimum Gasteiger partial charge on any atom is -0.463 e. The molecule has 1 N–H and O–H groups in total. The van der Waals surface area contributed by atoms with Gasteiger partial charge in [-0.25, -0.2) is 0 Å². The summed E-state index contributed by atoms with van der Waals surface area (Å²) in [7, 11) is 0. The molecule has 0 radical (unpaired) electrons. The number of esters is 1. The van der Waals surface area contributed by atoms with Gasteiger partial charge in [0, 0.05) is 17.8 Å². The monoisotopic (exact) mass is 404 g/mol. The summed E-state index contributed by atoms with van der Waals surface area (Å²) in [5, 5.41) is 11.6. The van der Waals surface area contributed by atoms with Crippen molar-refractivity contribution in [3.05, 3.63) is 0 Å². The van der Waals surface area contributed by atoms with Crippen LogP contribution in [-0.2, 0) is 19.1 Å². The molecule has 5 aliphatic rings. The van der Waals surface area contributed by atoms with Gasteiger partial charge < -0.3 is 14.6 Å². The number of hydrogen-bond donors (Lipinski definition) is 1. The molecular formula is C24H36O5. The number of rotatable bonds is 2. The average Bonchev–Trinajstić information content (AvgIpc) is 3.31. The number of hydrogen-bond acceptors (Lipinski definition) is 5. The summed E-state index contributed by atoms with van der Waals surface area (Å²) in [5.41, 5.74) is -1.64. The topological polar surface area (TPSA) is 76.1 Å². The summed E-state index contributed by atoms with van der Waals surface area (Å²) < 4.78 is 12.2. The van der Waals surface area contributed by atoms with Crippen LogP contribution in [0.2, 0.25) is 0 Å². The van der Waals surface area contributed by atoms with Crippen LogP contribution in [-0.4, -0.2) is 40.3 Å². The van der Waals surface area contributed by atoms with Crippen molar-refractivity contribution in [2.75, 3.05) is 0 Å². The highest BCUT2D eigenvalue weighted by Crippen LogP contribution is 2.77. The summed E-state index contributed by atoms with van der Waals surface area (Å²) in [5.74, 6) is 0.988. The SMILES string of the molecule is CC(=O)O[C@H]1CC[C@@]2(C)[C@@H](CC[C@H]3[C@@H]4C[C@@H](C)[C@](O)(C(C)=O)[C@@]4(C)C[C@H]4O[C@]432)C1. The number of ketones is 1. The molecule has 29 heavy (non-hydrogen) atoms. The Morgan fingerprint density at radius 3 is 2.41 bits per heavy atom. The molecule has 1 saturated heterocycles. The largest absolute Gasteiger partial charge is 0.463 e. The van der Waals surface area contributed by atoms with Crippen LogP contribution in [0.5, 0.6) is 0 Å². The standard InChI is InChI=1S/C24H36O5/c1-13-10-19-18-7-6-16-11-17(28-15(3)26)8-9-21(16,4)24(18)20(29-24)12-22(19,5)23(13,27)14(2)25/h13,16-20,27H,6-12H2,1-5H3/t13-,16+,17+,18+,19+,20-,21+,22+,23+,24+/m1/s1. The normalized spacial score (nSPS) is 57.7. The lowest BCUT2D eigenvalue weighted by Gasteiger charge is -2.59. The van der Waals surface area contributed by atoms with Gasteiger partial charge in [0.05, 0.1) is 6.10 Å². The van der Waals surface area contributed by atoms with Crippen LogP contribution < -0.4 is 0 Å². The molecule has 5 nitrogen and oxygen atoms in total. The van der Waals surface area contributed by atoms with Crippen LogP contribution in [0.3, 0.4) is 0 Å². The van der Waals surface area contributed by atoms with E-state index in [2.05, 4.69) is 20.8 Å². The van der Waals surface area contributed by atoms with Crippen LogP contribution in [0, 0.1) is 34.5 Å². The Morgan fingerprint density at radius 1 is 1.03 bits per heavy atom. The van der Waals surface area contributed by atoms with E-state index in [0.717, 1.165) is 44.9 Å². The van der Waals surface area contributed by atoms with E-state index in [1.54, 1.807) is 6.92 Å². The van der Waals surface area contributed by atoms with Gasteiger partial charge >= 0.3 is 5.97 Å². The van der Waals surface area contributed by atoms with E-state index in [1.807, 2.05) is 0 Å². The number of aliphatic hydroxyl groups is 1. The molecule has 5 fully saturated rings. The summed E-state index contributed by atoms with van der Waals surface area (Å²) in [6.07, 6.45) is 6.96. The predicted octanol–water partition coefficient (Wildman–Crippen LogP) is 3.66. The lowest BCUT2D eigenvalue weighted by Crippen LogP contribution is -2.63. The highest BCUT2D eigenvalue weighted by molar-refractivity contribution is 5.86. The van der Waals surface area contributed by atoms with Crippen LogP contribution >= 0.6 is 0 Å². The Bertz CT molecular complexity index is 764. The number of epoxide rings is 1. The van der Waals surface area contributed by atoms with Gasteiger partial charge in [-0.3, -0.25) is 9.59 Å². The van der Waals surface area contributed by atoms with E-state index < -0.39 is 11.0 Å². The first-order valence-corrected chi connectivity index (χ1v) is 11.6. The summed E-state index contributed by atoms with van der Waals surface area (Å²) in [6.45, 7) is 9.69. The lowest BCUT2D eigenvalue weighted by molar-refractivity contribution is -0.171. The minimum atomic E-state index is -1.24. The smallest absolute Gasteiger partial charge is 0.302 e. The van der Waals surface area contributed by atoms with Gasteiger partial charge in [0.1, 0.15) is 17.3 Å². The van der Waals surface area contributed by atoms with Crippen molar-refractivity contribution in [1.82, 2.24) is 0 Å². The number of Topliss-reactive ketones (excluding diaryl/α,β-unsaturated/α-hetero) is 1. The maximum atomic E-state index is 12.6. The van der Waals surface area contributed by atoms with Gasteiger partial charge in [0.15, 0.2) is 5.78 Å². The molecule has 1 aliphatic heterocycles. The Kier molecular flexibility index (Phi) is 4.03. The molecule has 4 aliphatic carbocycles. The van der Waals surface area contributed by atoms with Gasteiger partial charge in [-0.15, -0.1) is 0 Å².